The molecule has 3 amide bonds. The number of ether oxygens (including phenoxy) is 1. The van der Waals surface area contributed by atoms with Gasteiger partial charge in [-0.15, -0.1) is 10.2 Å². The van der Waals surface area contributed by atoms with Crippen molar-refractivity contribution in [2.75, 3.05) is 18.9 Å². The van der Waals surface area contributed by atoms with Gasteiger partial charge in [0.1, 0.15) is 5.75 Å². The van der Waals surface area contributed by atoms with E-state index in [0.29, 0.717) is 34.7 Å². The summed E-state index contributed by atoms with van der Waals surface area (Å²) in [6, 6.07) is 14.3. The Morgan fingerprint density at radius 2 is 1.85 bits per heavy atom. The van der Waals surface area contributed by atoms with E-state index < -0.39 is 11.9 Å². The van der Waals surface area contributed by atoms with E-state index in [1.807, 2.05) is 67.8 Å². The SMILES string of the molecule is CCOc1ccc(-n2c(SCC(=O)NC(=O)NCC(C)C)nnc2-c2ccccc2Cl)cc1. The first kappa shape index (κ1) is 24.6. The van der Waals surface area contributed by atoms with E-state index >= 15 is 0 Å². The molecule has 0 radical (unpaired) electrons. The summed E-state index contributed by atoms with van der Waals surface area (Å²) < 4.78 is 7.36. The van der Waals surface area contributed by atoms with Gasteiger partial charge < -0.3 is 10.1 Å². The highest BCUT2D eigenvalue weighted by molar-refractivity contribution is 7.99. The van der Waals surface area contributed by atoms with Gasteiger partial charge in [-0.3, -0.25) is 14.7 Å². The topological polar surface area (TPSA) is 98.1 Å². The van der Waals surface area contributed by atoms with Crippen molar-refractivity contribution in [1.82, 2.24) is 25.4 Å². The van der Waals surface area contributed by atoms with Crippen molar-refractivity contribution in [1.29, 1.82) is 0 Å². The molecule has 0 unspecified atom stereocenters. The molecule has 0 saturated heterocycles. The molecule has 1 aromatic heterocycles. The molecule has 0 aliphatic rings. The molecule has 0 saturated carbocycles. The standard InChI is InChI=1S/C23H26ClN5O3S/c1-4-32-17-11-9-16(10-12-17)29-21(18-7-5-6-8-19(18)24)27-28-23(29)33-14-20(30)26-22(31)25-13-15(2)3/h5-12,15H,4,13-14H2,1-3H3,(H2,25,26,30,31). The molecule has 3 aromatic rings. The van der Waals surface area contributed by atoms with Gasteiger partial charge in [0.05, 0.1) is 17.4 Å². The summed E-state index contributed by atoms with van der Waals surface area (Å²) >= 11 is 7.59. The van der Waals surface area contributed by atoms with Crippen LogP contribution in [0.4, 0.5) is 4.79 Å². The number of urea groups is 1. The highest BCUT2D eigenvalue weighted by Gasteiger charge is 2.19. The van der Waals surface area contributed by atoms with Gasteiger partial charge in [0.2, 0.25) is 5.91 Å². The van der Waals surface area contributed by atoms with Gasteiger partial charge in [-0.1, -0.05) is 49.3 Å². The first-order valence-electron chi connectivity index (χ1n) is 10.5. The highest BCUT2D eigenvalue weighted by atomic mass is 35.5. The molecule has 1 heterocycles. The largest absolute Gasteiger partial charge is 0.494 e. The van der Waals surface area contributed by atoms with E-state index in [1.54, 1.807) is 6.07 Å². The normalized spacial score (nSPS) is 10.8. The van der Waals surface area contributed by atoms with Gasteiger partial charge in [-0.2, -0.15) is 0 Å². The molecule has 3 rings (SSSR count). The second-order valence-electron chi connectivity index (χ2n) is 7.49. The van der Waals surface area contributed by atoms with E-state index in [4.69, 9.17) is 16.3 Å². The quantitative estimate of drug-likeness (QED) is 0.429. The van der Waals surface area contributed by atoms with Crippen LogP contribution in [-0.2, 0) is 4.79 Å². The molecule has 2 aromatic carbocycles. The Kier molecular flexibility index (Phi) is 8.73. The molecule has 2 N–H and O–H groups in total. The molecular weight excluding hydrogens is 462 g/mol. The molecule has 0 fully saturated rings. The predicted molar refractivity (Wildman–Crippen MR) is 130 cm³/mol. The predicted octanol–water partition coefficient (Wildman–Crippen LogP) is 4.56. The van der Waals surface area contributed by atoms with Crippen molar-refractivity contribution < 1.29 is 14.3 Å². The first-order chi connectivity index (χ1) is 15.9. The van der Waals surface area contributed by atoms with Gasteiger partial charge >= 0.3 is 6.03 Å². The smallest absolute Gasteiger partial charge is 0.321 e. The Labute approximate surface area is 202 Å². The van der Waals surface area contributed by atoms with Gasteiger partial charge in [0, 0.05) is 17.8 Å². The number of carbonyl (C=O) groups is 2. The number of benzene rings is 2. The lowest BCUT2D eigenvalue weighted by Gasteiger charge is -2.12. The van der Waals surface area contributed by atoms with Crippen molar-refractivity contribution in [3.05, 3.63) is 53.6 Å². The van der Waals surface area contributed by atoms with Crippen molar-refractivity contribution in [3.63, 3.8) is 0 Å². The molecule has 0 atom stereocenters. The fourth-order valence-corrected chi connectivity index (χ4v) is 3.88. The lowest BCUT2D eigenvalue weighted by atomic mass is 10.2. The second kappa shape index (κ2) is 11.7. The fourth-order valence-electron chi connectivity index (χ4n) is 2.91. The summed E-state index contributed by atoms with van der Waals surface area (Å²) in [5.41, 5.74) is 1.50. The second-order valence-corrected chi connectivity index (χ2v) is 8.84. The molecule has 33 heavy (non-hydrogen) atoms. The molecule has 174 valence electrons. The van der Waals surface area contributed by atoms with E-state index in [0.717, 1.165) is 11.4 Å². The Morgan fingerprint density at radius 3 is 2.52 bits per heavy atom. The number of nitrogens with one attached hydrogen (secondary N) is 2. The third-order valence-corrected chi connectivity index (χ3v) is 5.67. The summed E-state index contributed by atoms with van der Waals surface area (Å²) in [6.07, 6.45) is 0. The molecule has 10 heteroatoms. The monoisotopic (exact) mass is 487 g/mol. The third kappa shape index (κ3) is 6.72. The Balaban J connectivity index is 1.84. The summed E-state index contributed by atoms with van der Waals surface area (Å²) in [5, 5.41) is 14.6. The van der Waals surface area contributed by atoms with Crippen LogP contribution in [0, 0.1) is 5.92 Å². The number of nitrogens with zero attached hydrogens (tertiary/aromatic N) is 3. The number of thioether (sulfide) groups is 1. The van der Waals surface area contributed by atoms with Crippen molar-refractivity contribution in [2.24, 2.45) is 5.92 Å². The average molecular weight is 488 g/mol. The van der Waals surface area contributed by atoms with E-state index in [1.165, 1.54) is 11.8 Å². The van der Waals surface area contributed by atoms with Crippen LogP contribution in [-0.4, -0.2) is 45.6 Å². The van der Waals surface area contributed by atoms with Crippen LogP contribution in [0.2, 0.25) is 5.02 Å². The summed E-state index contributed by atoms with van der Waals surface area (Å²) in [4.78, 5) is 24.1. The number of hydrogen-bond acceptors (Lipinski definition) is 6. The Bertz CT molecular complexity index is 1100. The van der Waals surface area contributed by atoms with Crippen LogP contribution < -0.4 is 15.4 Å². The number of imide groups is 1. The number of amides is 3. The van der Waals surface area contributed by atoms with Crippen LogP contribution in [0.1, 0.15) is 20.8 Å². The van der Waals surface area contributed by atoms with E-state index in [9.17, 15) is 9.59 Å². The molecule has 0 spiro atoms. The number of hydrogen-bond donors (Lipinski definition) is 2. The number of rotatable bonds is 9. The third-order valence-electron chi connectivity index (χ3n) is 4.41. The minimum Gasteiger partial charge on any atom is -0.494 e. The van der Waals surface area contributed by atoms with Crippen LogP contribution >= 0.6 is 23.4 Å². The number of halogens is 1. The molecule has 0 aliphatic carbocycles. The van der Waals surface area contributed by atoms with Crippen molar-refractivity contribution >= 4 is 35.3 Å². The van der Waals surface area contributed by atoms with Crippen LogP contribution in [0.15, 0.2) is 53.7 Å². The maximum absolute atomic E-state index is 12.3. The highest BCUT2D eigenvalue weighted by Crippen LogP contribution is 2.32. The first-order valence-corrected chi connectivity index (χ1v) is 11.9. The van der Waals surface area contributed by atoms with E-state index in [-0.39, 0.29) is 11.7 Å². The maximum atomic E-state index is 12.3. The fraction of sp³-hybridized carbons (Fsp3) is 0.304. The summed E-state index contributed by atoms with van der Waals surface area (Å²) in [6.45, 7) is 6.92. The molecule has 0 aliphatic heterocycles. The number of carbonyl (C=O) groups excluding carboxylic acids is 2. The zero-order valence-electron chi connectivity index (χ0n) is 18.7. The minimum absolute atomic E-state index is 0.00716. The lowest BCUT2D eigenvalue weighted by Crippen LogP contribution is -2.41. The van der Waals surface area contributed by atoms with E-state index in [2.05, 4.69) is 20.8 Å². The van der Waals surface area contributed by atoms with Crippen molar-refractivity contribution in [2.45, 2.75) is 25.9 Å². The van der Waals surface area contributed by atoms with Gasteiger partial charge in [0.25, 0.3) is 0 Å². The average Bonchev–Trinajstić information content (AvgIpc) is 3.21. The number of aromatic nitrogens is 3. The molecule has 0 bridgehead atoms. The summed E-state index contributed by atoms with van der Waals surface area (Å²) in [7, 11) is 0. The van der Waals surface area contributed by atoms with Gasteiger partial charge in [0.15, 0.2) is 11.0 Å². The maximum Gasteiger partial charge on any atom is 0.321 e. The molecule has 8 nitrogen and oxygen atoms in total. The van der Waals surface area contributed by atoms with Gasteiger partial charge in [-0.25, -0.2) is 4.79 Å². The lowest BCUT2D eigenvalue weighted by molar-refractivity contribution is -0.117. The Hall–Kier alpha value is -3.04. The zero-order chi connectivity index (χ0) is 23.8. The minimum atomic E-state index is -0.515. The van der Waals surface area contributed by atoms with Crippen LogP contribution in [0.3, 0.4) is 0 Å². The van der Waals surface area contributed by atoms with Crippen molar-refractivity contribution in [3.8, 4) is 22.8 Å². The molecular formula is C23H26ClN5O3S. The van der Waals surface area contributed by atoms with Gasteiger partial charge in [-0.05, 0) is 49.2 Å². The zero-order valence-corrected chi connectivity index (χ0v) is 20.2. The van der Waals surface area contributed by atoms with Crippen LogP contribution in [0.5, 0.6) is 5.75 Å². The Morgan fingerprint density at radius 1 is 1.12 bits per heavy atom. The van der Waals surface area contributed by atoms with Crippen LogP contribution in [0.25, 0.3) is 17.1 Å². The summed E-state index contributed by atoms with van der Waals surface area (Å²) in [5.74, 6) is 1.14.